The van der Waals surface area contributed by atoms with E-state index < -0.39 is 0 Å². The number of hydrogen-bond acceptors (Lipinski definition) is 2. The van der Waals surface area contributed by atoms with E-state index in [-0.39, 0.29) is 22.4 Å². The maximum atomic E-state index is 11.3. The maximum Gasteiger partial charge on any atom is 0.303 e. The van der Waals surface area contributed by atoms with Gasteiger partial charge in [0.25, 0.3) is 0 Å². The summed E-state index contributed by atoms with van der Waals surface area (Å²) in [7, 11) is 0. The highest BCUT2D eigenvalue weighted by molar-refractivity contribution is 5.66. The first-order chi connectivity index (χ1) is 7.10. The van der Waals surface area contributed by atoms with Gasteiger partial charge < -0.3 is 4.74 Å². The Morgan fingerprint density at radius 3 is 1.81 bits per heavy atom. The van der Waals surface area contributed by atoms with Crippen LogP contribution in [0.5, 0.6) is 0 Å². The van der Waals surface area contributed by atoms with Crippen molar-refractivity contribution in [2.24, 2.45) is 10.8 Å². The Morgan fingerprint density at radius 1 is 1.06 bits per heavy atom. The normalized spacial score (nSPS) is 26.1. The molecule has 0 unspecified atom stereocenters. The van der Waals surface area contributed by atoms with Crippen LogP contribution in [-0.4, -0.2) is 11.6 Å². The van der Waals surface area contributed by atoms with Crippen molar-refractivity contribution in [3.8, 4) is 0 Å². The Labute approximate surface area is 99.8 Å². The summed E-state index contributed by atoms with van der Waals surface area (Å²) in [5.41, 5.74) is 0.275. The molecule has 0 spiro atoms. The molecule has 1 saturated carbocycles. The molecule has 0 N–H and O–H groups in total. The molecule has 0 bridgehead atoms. The van der Waals surface area contributed by atoms with E-state index in [2.05, 4.69) is 34.6 Å². The molecule has 0 aromatic carbocycles. The average molecular weight is 226 g/mol. The predicted molar refractivity (Wildman–Crippen MR) is 66.2 cm³/mol. The van der Waals surface area contributed by atoms with Crippen LogP contribution in [-0.2, 0) is 9.53 Å². The Balaban J connectivity index is 2.96. The monoisotopic (exact) mass is 226 g/mol. The van der Waals surface area contributed by atoms with Gasteiger partial charge in [-0.3, -0.25) is 4.79 Å². The van der Waals surface area contributed by atoms with Gasteiger partial charge in [0.1, 0.15) is 5.60 Å². The van der Waals surface area contributed by atoms with Crippen LogP contribution in [0.3, 0.4) is 0 Å². The zero-order valence-corrected chi connectivity index (χ0v) is 11.6. The quantitative estimate of drug-likeness (QED) is 0.667. The van der Waals surface area contributed by atoms with Crippen molar-refractivity contribution < 1.29 is 9.53 Å². The van der Waals surface area contributed by atoms with Crippen molar-refractivity contribution in [2.75, 3.05) is 0 Å². The third-order valence-corrected chi connectivity index (χ3v) is 3.56. The number of carbonyl (C=O) groups is 1. The fraction of sp³-hybridized carbons (Fsp3) is 0.929. The molecule has 0 aromatic heterocycles. The van der Waals surface area contributed by atoms with Crippen LogP contribution in [0.1, 0.15) is 67.2 Å². The zero-order chi connectivity index (χ0) is 12.6. The van der Waals surface area contributed by atoms with E-state index in [0.29, 0.717) is 0 Å². The number of ether oxygens (including phenoxy) is 1. The molecule has 94 valence electrons. The van der Waals surface area contributed by atoms with Crippen LogP contribution in [0.15, 0.2) is 0 Å². The van der Waals surface area contributed by atoms with E-state index in [1.54, 1.807) is 0 Å². The largest absolute Gasteiger partial charge is 0.459 e. The molecule has 0 heterocycles. The predicted octanol–water partition coefficient (Wildman–Crippen LogP) is 3.93. The molecule has 16 heavy (non-hydrogen) atoms. The van der Waals surface area contributed by atoms with Crippen molar-refractivity contribution >= 4 is 5.97 Å². The first-order valence-corrected chi connectivity index (χ1v) is 6.29. The van der Waals surface area contributed by atoms with Crippen LogP contribution in [0.25, 0.3) is 0 Å². The zero-order valence-electron chi connectivity index (χ0n) is 11.6. The summed E-state index contributed by atoms with van der Waals surface area (Å²) in [6, 6.07) is 0. The van der Waals surface area contributed by atoms with E-state index in [9.17, 15) is 4.79 Å². The van der Waals surface area contributed by atoms with Gasteiger partial charge in [-0.25, -0.2) is 0 Å². The first kappa shape index (κ1) is 13.5. The summed E-state index contributed by atoms with van der Waals surface area (Å²) < 4.78 is 5.66. The van der Waals surface area contributed by atoms with Crippen LogP contribution in [0, 0.1) is 10.8 Å². The van der Waals surface area contributed by atoms with E-state index in [1.807, 2.05) is 0 Å². The summed E-state index contributed by atoms with van der Waals surface area (Å²) in [4.78, 5) is 11.3. The fourth-order valence-electron chi connectivity index (χ4n) is 3.93. The van der Waals surface area contributed by atoms with Gasteiger partial charge >= 0.3 is 5.97 Å². The molecule has 0 aliphatic heterocycles. The van der Waals surface area contributed by atoms with Gasteiger partial charge in [-0.15, -0.1) is 0 Å². The van der Waals surface area contributed by atoms with Crippen molar-refractivity contribution in [3.05, 3.63) is 0 Å². The standard InChI is InChI=1S/C14H26O2/c1-7-14(16-11(2)15)9-12(3,4)8-13(5,6)10-14/h7-10H2,1-6H3. The lowest BCUT2D eigenvalue weighted by Crippen LogP contribution is -2.48. The minimum Gasteiger partial charge on any atom is -0.459 e. The third kappa shape index (κ3) is 3.23. The summed E-state index contributed by atoms with van der Waals surface area (Å²) in [5, 5.41) is 0. The third-order valence-electron chi connectivity index (χ3n) is 3.56. The molecule has 1 rings (SSSR count). The molecule has 0 aromatic rings. The molecule has 0 radical (unpaired) electrons. The molecule has 2 nitrogen and oxygen atoms in total. The molecule has 0 amide bonds. The second-order valence-corrected chi connectivity index (χ2v) is 6.99. The first-order valence-electron chi connectivity index (χ1n) is 6.29. The van der Waals surface area contributed by atoms with Crippen LogP contribution < -0.4 is 0 Å². The summed E-state index contributed by atoms with van der Waals surface area (Å²) >= 11 is 0. The van der Waals surface area contributed by atoms with E-state index in [1.165, 1.54) is 13.3 Å². The Hall–Kier alpha value is -0.530. The van der Waals surface area contributed by atoms with Crippen molar-refractivity contribution in [3.63, 3.8) is 0 Å². The minimum atomic E-state index is -0.239. The van der Waals surface area contributed by atoms with Crippen LogP contribution in [0.2, 0.25) is 0 Å². The number of carbonyl (C=O) groups excluding carboxylic acids is 1. The molecule has 2 heteroatoms. The smallest absolute Gasteiger partial charge is 0.303 e. The molecule has 0 atom stereocenters. The van der Waals surface area contributed by atoms with Crippen molar-refractivity contribution in [2.45, 2.75) is 72.8 Å². The molecule has 1 aliphatic rings. The maximum absolute atomic E-state index is 11.3. The van der Waals surface area contributed by atoms with Crippen LogP contribution >= 0.6 is 0 Å². The number of hydrogen-bond donors (Lipinski definition) is 0. The summed E-state index contributed by atoms with van der Waals surface area (Å²) in [5.74, 6) is -0.143. The van der Waals surface area contributed by atoms with Gasteiger partial charge in [0.2, 0.25) is 0 Å². The Kier molecular flexibility index (Phi) is 3.42. The lowest BCUT2D eigenvalue weighted by Gasteiger charge is -2.51. The highest BCUT2D eigenvalue weighted by Gasteiger charge is 2.48. The van der Waals surface area contributed by atoms with E-state index in [4.69, 9.17) is 4.74 Å². The second-order valence-electron chi connectivity index (χ2n) is 6.99. The second kappa shape index (κ2) is 4.05. The van der Waals surface area contributed by atoms with Gasteiger partial charge in [-0.1, -0.05) is 34.6 Å². The average Bonchev–Trinajstić information content (AvgIpc) is 1.96. The highest BCUT2D eigenvalue weighted by Crippen LogP contribution is 2.52. The minimum absolute atomic E-state index is 0.143. The van der Waals surface area contributed by atoms with Gasteiger partial charge in [0.05, 0.1) is 0 Å². The summed E-state index contributed by atoms with van der Waals surface area (Å²) in [6.45, 7) is 12.8. The summed E-state index contributed by atoms with van der Waals surface area (Å²) in [6.07, 6.45) is 4.08. The van der Waals surface area contributed by atoms with E-state index in [0.717, 1.165) is 19.3 Å². The molecular formula is C14H26O2. The molecule has 1 aliphatic carbocycles. The van der Waals surface area contributed by atoms with Gasteiger partial charge in [0, 0.05) is 6.92 Å². The van der Waals surface area contributed by atoms with Crippen molar-refractivity contribution in [1.29, 1.82) is 0 Å². The van der Waals surface area contributed by atoms with Gasteiger partial charge in [-0.05, 0) is 36.5 Å². The molecule has 1 fully saturated rings. The molecular weight excluding hydrogens is 200 g/mol. The SMILES string of the molecule is CCC1(OC(C)=O)CC(C)(C)CC(C)(C)C1. The van der Waals surface area contributed by atoms with Gasteiger partial charge in [0.15, 0.2) is 0 Å². The lowest BCUT2D eigenvalue weighted by atomic mass is 9.59. The number of rotatable bonds is 2. The fourth-order valence-corrected chi connectivity index (χ4v) is 3.93. The van der Waals surface area contributed by atoms with Crippen molar-refractivity contribution in [1.82, 2.24) is 0 Å². The van der Waals surface area contributed by atoms with Crippen LogP contribution in [0.4, 0.5) is 0 Å². The Bertz CT molecular complexity index is 260. The topological polar surface area (TPSA) is 26.3 Å². The lowest BCUT2D eigenvalue weighted by molar-refractivity contribution is -0.173. The van der Waals surface area contributed by atoms with Gasteiger partial charge in [-0.2, -0.15) is 0 Å². The molecule has 0 saturated heterocycles. The van der Waals surface area contributed by atoms with E-state index >= 15 is 0 Å². The number of esters is 1. The highest BCUT2D eigenvalue weighted by atomic mass is 16.6. The Morgan fingerprint density at radius 2 is 1.50 bits per heavy atom.